The Bertz CT molecular complexity index is 848. The van der Waals surface area contributed by atoms with Crippen molar-refractivity contribution in [2.24, 2.45) is 0 Å². The standard InChI is InChI=1S/C26H32N2O2/c29-25(28-17-15-27(16-18-28)24-13-6-1-2-7-14-24)20-21-9-8-12-23(19-21)26(30)22-10-4-3-5-11-22/h3-5,8-12,19,24H,1-2,6-7,13-18,20H2. The van der Waals surface area contributed by atoms with Gasteiger partial charge in [0.2, 0.25) is 5.91 Å². The van der Waals surface area contributed by atoms with Crippen LogP contribution in [0.5, 0.6) is 0 Å². The third-order valence-electron chi connectivity index (χ3n) is 6.59. The first-order valence-electron chi connectivity index (χ1n) is 11.4. The Hall–Kier alpha value is -2.46. The molecule has 2 aliphatic rings. The van der Waals surface area contributed by atoms with E-state index < -0.39 is 0 Å². The highest BCUT2D eigenvalue weighted by Gasteiger charge is 2.26. The largest absolute Gasteiger partial charge is 0.340 e. The molecule has 1 heterocycles. The number of rotatable bonds is 5. The van der Waals surface area contributed by atoms with Gasteiger partial charge in [0.1, 0.15) is 0 Å². The van der Waals surface area contributed by atoms with Crippen LogP contribution in [0.25, 0.3) is 0 Å². The summed E-state index contributed by atoms with van der Waals surface area (Å²) in [6.07, 6.45) is 8.44. The average Bonchev–Trinajstić information content (AvgIpc) is 3.09. The van der Waals surface area contributed by atoms with E-state index in [1.807, 2.05) is 59.5 Å². The van der Waals surface area contributed by atoms with Gasteiger partial charge in [-0.15, -0.1) is 0 Å². The van der Waals surface area contributed by atoms with E-state index in [9.17, 15) is 9.59 Å². The summed E-state index contributed by atoms with van der Waals surface area (Å²) in [7, 11) is 0. The van der Waals surface area contributed by atoms with Gasteiger partial charge >= 0.3 is 0 Å². The molecular weight excluding hydrogens is 372 g/mol. The molecule has 1 aliphatic carbocycles. The number of piperazine rings is 1. The van der Waals surface area contributed by atoms with E-state index in [0.717, 1.165) is 31.7 Å². The van der Waals surface area contributed by atoms with Crippen LogP contribution in [0, 0.1) is 0 Å². The zero-order valence-corrected chi connectivity index (χ0v) is 17.8. The first kappa shape index (κ1) is 20.8. The Morgan fingerprint density at radius 1 is 0.767 bits per heavy atom. The maximum Gasteiger partial charge on any atom is 0.227 e. The lowest BCUT2D eigenvalue weighted by atomic mass is 10.00. The number of ketones is 1. The minimum atomic E-state index is 0.00177. The van der Waals surface area contributed by atoms with Crippen molar-refractivity contribution in [3.63, 3.8) is 0 Å². The van der Waals surface area contributed by atoms with Gasteiger partial charge in [-0.25, -0.2) is 0 Å². The first-order valence-corrected chi connectivity index (χ1v) is 11.4. The molecule has 1 saturated carbocycles. The molecule has 0 aromatic heterocycles. The van der Waals surface area contributed by atoms with E-state index in [1.165, 1.54) is 38.5 Å². The SMILES string of the molecule is O=C(c1ccccc1)c1cccc(CC(=O)N2CCN(C3CCCCCC3)CC2)c1. The van der Waals surface area contributed by atoms with Crippen molar-refractivity contribution in [1.29, 1.82) is 0 Å². The predicted octanol–water partition coefficient (Wildman–Crippen LogP) is 4.33. The minimum absolute atomic E-state index is 0.00177. The fraction of sp³-hybridized carbons (Fsp3) is 0.462. The topological polar surface area (TPSA) is 40.6 Å². The number of amides is 1. The maximum absolute atomic E-state index is 12.9. The minimum Gasteiger partial charge on any atom is -0.340 e. The number of benzene rings is 2. The molecule has 0 spiro atoms. The third-order valence-corrected chi connectivity index (χ3v) is 6.59. The molecule has 30 heavy (non-hydrogen) atoms. The summed E-state index contributed by atoms with van der Waals surface area (Å²) < 4.78 is 0. The molecule has 0 radical (unpaired) electrons. The van der Waals surface area contributed by atoms with Crippen molar-refractivity contribution in [1.82, 2.24) is 9.80 Å². The molecule has 158 valence electrons. The van der Waals surface area contributed by atoms with E-state index in [1.54, 1.807) is 0 Å². The van der Waals surface area contributed by atoms with E-state index in [-0.39, 0.29) is 11.7 Å². The number of hydrogen-bond donors (Lipinski definition) is 0. The van der Waals surface area contributed by atoms with Crippen molar-refractivity contribution < 1.29 is 9.59 Å². The predicted molar refractivity (Wildman–Crippen MR) is 120 cm³/mol. The van der Waals surface area contributed by atoms with E-state index >= 15 is 0 Å². The molecule has 4 rings (SSSR count). The second kappa shape index (κ2) is 10.0. The van der Waals surface area contributed by atoms with E-state index in [0.29, 0.717) is 23.6 Å². The van der Waals surface area contributed by atoms with Crippen LogP contribution >= 0.6 is 0 Å². The highest BCUT2D eigenvalue weighted by Crippen LogP contribution is 2.23. The molecule has 0 atom stereocenters. The van der Waals surface area contributed by atoms with Crippen LogP contribution < -0.4 is 0 Å². The number of nitrogens with zero attached hydrogens (tertiary/aromatic N) is 2. The molecule has 2 aromatic rings. The molecule has 4 heteroatoms. The Kier molecular flexibility index (Phi) is 6.96. The summed E-state index contributed by atoms with van der Waals surface area (Å²) >= 11 is 0. The number of carbonyl (C=O) groups excluding carboxylic acids is 2. The van der Waals surface area contributed by atoms with Crippen LogP contribution in [0.15, 0.2) is 54.6 Å². The summed E-state index contributed by atoms with van der Waals surface area (Å²) in [4.78, 5) is 30.2. The summed E-state index contributed by atoms with van der Waals surface area (Å²) in [5, 5.41) is 0. The normalized spacial score (nSPS) is 18.7. The van der Waals surface area contributed by atoms with Gasteiger partial charge in [-0.1, -0.05) is 74.2 Å². The van der Waals surface area contributed by atoms with Gasteiger partial charge in [0.15, 0.2) is 5.78 Å². The summed E-state index contributed by atoms with van der Waals surface area (Å²) in [6, 6.07) is 17.5. The molecule has 2 fully saturated rings. The van der Waals surface area contributed by atoms with Gasteiger partial charge in [-0.05, 0) is 24.5 Å². The second-order valence-electron chi connectivity index (χ2n) is 8.63. The van der Waals surface area contributed by atoms with Crippen LogP contribution in [-0.4, -0.2) is 53.7 Å². The van der Waals surface area contributed by atoms with Gasteiger partial charge in [0.25, 0.3) is 0 Å². The molecule has 0 bridgehead atoms. The van der Waals surface area contributed by atoms with Gasteiger partial charge in [0.05, 0.1) is 6.42 Å². The fourth-order valence-electron chi connectivity index (χ4n) is 4.82. The second-order valence-corrected chi connectivity index (χ2v) is 8.63. The summed E-state index contributed by atoms with van der Waals surface area (Å²) in [5.74, 6) is 0.168. The first-order chi connectivity index (χ1) is 14.7. The van der Waals surface area contributed by atoms with Gasteiger partial charge < -0.3 is 4.90 Å². The van der Waals surface area contributed by atoms with Crippen molar-refractivity contribution in [2.45, 2.75) is 51.0 Å². The summed E-state index contributed by atoms with van der Waals surface area (Å²) in [5.41, 5.74) is 2.23. The Balaban J connectivity index is 1.33. The third kappa shape index (κ3) is 5.17. The molecule has 1 saturated heterocycles. The van der Waals surface area contributed by atoms with Crippen LogP contribution in [0.4, 0.5) is 0 Å². The Morgan fingerprint density at radius 3 is 2.13 bits per heavy atom. The molecule has 0 N–H and O–H groups in total. The van der Waals surface area contributed by atoms with Crippen molar-refractivity contribution in [2.75, 3.05) is 26.2 Å². The zero-order chi connectivity index (χ0) is 20.8. The lowest BCUT2D eigenvalue weighted by Gasteiger charge is -2.39. The zero-order valence-electron chi connectivity index (χ0n) is 17.8. The molecular formula is C26H32N2O2. The molecule has 2 aromatic carbocycles. The molecule has 1 amide bonds. The highest BCUT2D eigenvalue weighted by molar-refractivity contribution is 6.09. The number of hydrogen-bond acceptors (Lipinski definition) is 3. The lowest BCUT2D eigenvalue weighted by Crippen LogP contribution is -2.52. The quantitative estimate of drug-likeness (QED) is 0.550. The van der Waals surface area contributed by atoms with Crippen LogP contribution in [0.2, 0.25) is 0 Å². The molecule has 4 nitrogen and oxygen atoms in total. The number of carbonyl (C=O) groups is 2. The Labute approximate surface area is 179 Å². The fourth-order valence-corrected chi connectivity index (χ4v) is 4.82. The Morgan fingerprint density at radius 2 is 1.43 bits per heavy atom. The average molecular weight is 405 g/mol. The van der Waals surface area contributed by atoms with Gasteiger partial charge in [-0.2, -0.15) is 0 Å². The smallest absolute Gasteiger partial charge is 0.227 e. The van der Waals surface area contributed by atoms with Crippen molar-refractivity contribution >= 4 is 11.7 Å². The van der Waals surface area contributed by atoms with Crippen molar-refractivity contribution in [3.8, 4) is 0 Å². The van der Waals surface area contributed by atoms with Gasteiger partial charge in [-0.3, -0.25) is 14.5 Å². The monoisotopic (exact) mass is 404 g/mol. The van der Waals surface area contributed by atoms with E-state index in [2.05, 4.69) is 4.90 Å². The summed E-state index contributed by atoms with van der Waals surface area (Å²) in [6.45, 7) is 3.61. The van der Waals surface area contributed by atoms with Crippen LogP contribution in [0.1, 0.15) is 60.0 Å². The lowest BCUT2D eigenvalue weighted by molar-refractivity contribution is -0.132. The molecule has 1 aliphatic heterocycles. The van der Waals surface area contributed by atoms with Crippen LogP contribution in [-0.2, 0) is 11.2 Å². The van der Waals surface area contributed by atoms with Crippen molar-refractivity contribution in [3.05, 3.63) is 71.3 Å². The van der Waals surface area contributed by atoms with Crippen LogP contribution in [0.3, 0.4) is 0 Å². The molecule has 0 unspecified atom stereocenters. The van der Waals surface area contributed by atoms with Gasteiger partial charge in [0, 0.05) is 43.3 Å². The maximum atomic E-state index is 12.9. The van der Waals surface area contributed by atoms with E-state index in [4.69, 9.17) is 0 Å². The highest BCUT2D eigenvalue weighted by atomic mass is 16.2.